The van der Waals surface area contributed by atoms with Crippen LogP contribution >= 0.6 is 22.9 Å². The number of nitrogens with one attached hydrogen (secondary N) is 1. The topological polar surface area (TPSA) is 99.0 Å². The molecule has 2 aromatic heterocycles. The van der Waals surface area contributed by atoms with E-state index in [1.165, 1.54) is 24.7 Å². The van der Waals surface area contributed by atoms with Gasteiger partial charge in [-0.25, -0.2) is 17.8 Å². The molecule has 30 heavy (non-hydrogen) atoms. The van der Waals surface area contributed by atoms with Gasteiger partial charge in [0.25, 0.3) is 10.0 Å². The lowest BCUT2D eigenvalue weighted by molar-refractivity contribution is 0.441. The summed E-state index contributed by atoms with van der Waals surface area (Å²) >= 11 is 7.20. The summed E-state index contributed by atoms with van der Waals surface area (Å²) in [6.07, 6.45) is 2.97. The molecule has 12 heteroatoms. The van der Waals surface area contributed by atoms with Gasteiger partial charge in [0.15, 0.2) is 22.5 Å². The summed E-state index contributed by atoms with van der Waals surface area (Å²) in [7, 11) is -2.24. The molecule has 0 saturated carbocycles. The lowest BCUT2D eigenvalue weighted by atomic mass is 10.2. The molecule has 154 valence electrons. The highest BCUT2D eigenvalue weighted by atomic mass is 35.5. The Morgan fingerprint density at radius 3 is 2.67 bits per heavy atom. The molecule has 0 atom stereocenters. The number of nitrogens with zero attached hydrogens (tertiary/aromatic N) is 4. The molecule has 0 aliphatic carbocycles. The normalized spacial score (nSPS) is 11.4. The number of anilines is 1. The quantitative estimate of drug-likeness (QED) is 0.455. The van der Waals surface area contributed by atoms with E-state index in [1.54, 1.807) is 35.2 Å². The van der Waals surface area contributed by atoms with Gasteiger partial charge in [0, 0.05) is 23.6 Å². The van der Waals surface area contributed by atoms with Crippen LogP contribution in [0.3, 0.4) is 0 Å². The van der Waals surface area contributed by atoms with Crippen LogP contribution in [-0.4, -0.2) is 28.2 Å². The van der Waals surface area contributed by atoms with Gasteiger partial charge in [-0.3, -0.25) is 4.72 Å². The Kier molecular flexibility index (Phi) is 5.41. The first-order valence-corrected chi connectivity index (χ1v) is 11.1. The highest BCUT2D eigenvalue weighted by molar-refractivity contribution is 7.93. The monoisotopic (exact) mass is 465 g/mol. The highest BCUT2D eigenvalue weighted by Crippen LogP contribution is 2.35. The molecule has 0 radical (unpaired) electrons. The zero-order valence-corrected chi connectivity index (χ0v) is 17.7. The van der Waals surface area contributed by atoms with Crippen molar-refractivity contribution in [2.45, 2.75) is 4.90 Å². The number of thiazole rings is 1. The third kappa shape index (κ3) is 4.13. The average Bonchev–Trinajstić information content (AvgIpc) is 3.35. The van der Waals surface area contributed by atoms with Crippen LogP contribution in [0.4, 0.5) is 9.52 Å². The van der Waals surface area contributed by atoms with Crippen LogP contribution in [0.15, 0.2) is 59.2 Å². The Hall–Kier alpha value is -3.02. The fraction of sp³-hybridized carbons (Fsp3) is 0.0556. The van der Waals surface area contributed by atoms with Gasteiger partial charge in [-0.05, 0) is 36.4 Å². The van der Waals surface area contributed by atoms with E-state index in [4.69, 9.17) is 16.3 Å². The molecule has 8 nitrogen and oxygen atoms in total. The molecule has 2 heterocycles. The molecule has 0 fully saturated rings. The second kappa shape index (κ2) is 8.01. The van der Waals surface area contributed by atoms with E-state index >= 15 is 0 Å². The van der Waals surface area contributed by atoms with E-state index in [0.717, 1.165) is 17.4 Å². The van der Waals surface area contributed by atoms with Gasteiger partial charge < -0.3 is 9.30 Å². The third-order valence-electron chi connectivity index (χ3n) is 3.98. The lowest BCUT2D eigenvalue weighted by Gasteiger charge is -2.13. The summed E-state index contributed by atoms with van der Waals surface area (Å²) < 4.78 is 49.2. The van der Waals surface area contributed by atoms with E-state index in [0.29, 0.717) is 16.4 Å². The van der Waals surface area contributed by atoms with Crippen LogP contribution in [0.1, 0.15) is 0 Å². The van der Waals surface area contributed by atoms with Crippen molar-refractivity contribution < 1.29 is 17.5 Å². The van der Waals surface area contributed by atoms with Crippen LogP contribution in [0, 0.1) is 5.82 Å². The minimum Gasteiger partial charge on any atom is -0.454 e. The van der Waals surface area contributed by atoms with Gasteiger partial charge in [0.2, 0.25) is 0 Å². The van der Waals surface area contributed by atoms with E-state index in [1.807, 2.05) is 0 Å². The zero-order chi connectivity index (χ0) is 21.3. The van der Waals surface area contributed by atoms with Crippen LogP contribution < -0.4 is 9.46 Å². The lowest BCUT2D eigenvalue weighted by Crippen LogP contribution is -2.13. The SMILES string of the molecule is Cn1cnnc1-c1cc(Cl)ccc1Oc1ccc(S(=O)(=O)Nc2nccs2)cc1F. The van der Waals surface area contributed by atoms with Crippen molar-refractivity contribution >= 4 is 38.1 Å². The first kappa shape index (κ1) is 20.3. The molecule has 0 aliphatic rings. The molecular weight excluding hydrogens is 453 g/mol. The number of hydrogen-bond donors (Lipinski definition) is 1. The number of ether oxygens (including phenoxy) is 1. The molecule has 0 spiro atoms. The summed E-state index contributed by atoms with van der Waals surface area (Å²) in [5, 5.41) is 10.1. The van der Waals surface area contributed by atoms with Crippen molar-refractivity contribution in [3.05, 3.63) is 65.1 Å². The second-order valence-electron chi connectivity index (χ2n) is 6.04. The Balaban J connectivity index is 1.65. The first-order valence-electron chi connectivity index (χ1n) is 8.37. The Bertz CT molecular complexity index is 1310. The van der Waals surface area contributed by atoms with Gasteiger partial charge in [-0.2, -0.15) is 0 Å². The number of sulfonamides is 1. The molecule has 0 aliphatic heterocycles. The summed E-state index contributed by atoms with van der Waals surface area (Å²) in [6.45, 7) is 0. The van der Waals surface area contributed by atoms with Crippen molar-refractivity contribution in [2.75, 3.05) is 4.72 Å². The van der Waals surface area contributed by atoms with E-state index < -0.39 is 15.8 Å². The van der Waals surface area contributed by atoms with E-state index in [9.17, 15) is 12.8 Å². The van der Waals surface area contributed by atoms with Gasteiger partial charge in [0.05, 0.1) is 10.5 Å². The largest absolute Gasteiger partial charge is 0.454 e. The summed E-state index contributed by atoms with van der Waals surface area (Å²) in [4.78, 5) is 3.60. The number of hydrogen-bond acceptors (Lipinski definition) is 7. The molecule has 4 aromatic rings. The number of halogens is 2. The summed E-state index contributed by atoms with van der Waals surface area (Å²) in [5.74, 6) is -0.254. The Morgan fingerprint density at radius 1 is 1.20 bits per heavy atom. The Labute approximate surface area is 180 Å². The third-order valence-corrected chi connectivity index (χ3v) is 6.37. The average molecular weight is 466 g/mol. The molecule has 0 unspecified atom stereocenters. The number of benzene rings is 2. The van der Waals surface area contributed by atoms with Crippen molar-refractivity contribution in [2.24, 2.45) is 7.05 Å². The van der Waals surface area contributed by atoms with Gasteiger partial charge in [-0.15, -0.1) is 21.5 Å². The number of rotatable bonds is 6. The molecule has 0 bridgehead atoms. The molecule has 0 amide bonds. The Morgan fingerprint density at radius 2 is 2.00 bits per heavy atom. The predicted molar refractivity (Wildman–Crippen MR) is 111 cm³/mol. The van der Waals surface area contributed by atoms with Gasteiger partial charge >= 0.3 is 0 Å². The minimum absolute atomic E-state index is 0.158. The zero-order valence-electron chi connectivity index (χ0n) is 15.3. The van der Waals surface area contributed by atoms with Crippen molar-refractivity contribution in [1.29, 1.82) is 0 Å². The molecule has 4 rings (SSSR count). The van der Waals surface area contributed by atoms with Gasteiger partial charge in [0.1, 0.15) is 12.1 Å². The fourth-order valence-corrected chi connectivity index (χ4v) is 4.56. The van der Waals surface area contributed by atoms with Crippen LogP contribution in [-0.2, 0) is 17.1 Å². The van der Waals surface area contributed by atoms with E-state index in [2.05, 4.69) is 19.9 Å². The standard InChI is InChI=1S/C18H13ClFN5O3S2/c1-25-10-22-23-17(25)13-8-11(19)2-4-15(13)28-16-5-3-12(9-14(16)20)30(26,27)24-18-21-6-7-29-18/h2-10H,1H3,(H,21,24). The predicted octanol–water partition coefficient (Wildman–Crippen LogP) is 4.32. The molecular formula is C18H13ClFN5O3S2. The van der Waals surface area contributed by atoms with Gasteiger partial charge in [-0.1, -0.05) is 11.6 Å². The fourth-order valence-electron chi connectivity index (χ4n) is 2.59. The molecule has 2 aromatic carbocycles. The van der Waals surface area contributed by atoms with Crippen molar-refractivity contribution in [1.82, 2.24) is 19.7 Å². The van der Waals surface area contributed by atoms with Crippen molar-refractivity contribution in [3.8, 4) is 22.9 Å². The first-order chi connectivity index (χ1) is 14.3. The molecule has 0 saturated heterocycles. The molecule has 1 N–H and O–H groups in total. The summed E-state index contributed by atoms with van der Waals surface area (Å²) in [6, 6.07) is 8.14. The number of aryl methyl sites for hydroxylation is 1. The second-order valence-corrected chi connectivity index (χ2v) is 9.06. The number of aromatic nitrogens is 4. The van der Waals surface area contributed by atoms with Crippen molar-refractivity contribution in [3.63, 3.8) is 0 Å². The minimum atomic E-state index is -3.99. The van der Waals surface area contributed by atoms with E-state index in [-0.39, 0.29) is 21.5 Å². The smallest absolute Gasteiger partial charge is 0.263 e. The maximum absolute atomic E-state index is 14.7. The highest BCUT2D eigenvalue weighted by Gasteiger charge is 2.20. The van der Waals surface area contributed by atoms with Crippen LogP contribution in [0.2, 0.25) is 5.02 Å². The maximum atomic E-state index is 14.7. The summed E-state index contributed by atoms with van der Waals surface area (Å²) in [5.41, 5.74) is 0.504. The van der Waals surface area contributed by atoms with Crippen LogP contribution in [0.5, 0.6) is 11.5 Å². The van der Waals surface area contributed by atoms with Crippen LogP contribution in [0.25, 0.3) is 11.4 Å². The maximum Gasteiger partial charge on any atom is 0.263 e.